The topological polar surface area (TPSA) is 25.4 Å². The van der Waals surface area contributed by atoms with Gasteiger partial charge in [-0.2, -0.15) is 0 Å². The number of rotatable bonds is 2. The molecule has 1 aromatic heterocycles. The van der Waals surface area contributed by atoms with Crippen LogP contribution in [-0.2, 0) is 4.74 Å². The molecule has 1 fully saturated rings. The van der Waals surface area contributed by atoms with Crippen LogP contribution in [0.15, 0.2) is 42.6 Å². The molecule has 0 atom stereocenters. The Morgan fingerprint density at radius 1 is 1.05 bits per heavy atom. The van der Waals surface area contributed by atoms with E-state index >= 15 is 0 Å². The molecule has 1 aliphatic rings. The van der Waals surface area contributed by atoms with Crippen LogP contribution in [0.4, 0.5) is 10.2 Å². The molecule has 0 saturated carbocycles. The number of hydrogen-bond acceptors (Lipinski definition) is 3. The summed E-state index contributed by atoms with van der Waals surface area (Å²) in [7, 11) is 0. The Morgan fingerprint density at radius 2 is 1.79 bits per heavy atom. The largest absolute Gasteiger partial charge is 0.378 e. The summed E-state index contributed by atoms with van der Waals surface area (Å²) in [5, 5.41) is 0. The summed E-state index contributed by atoms with van der Waals surface area (Å²) in [6.45, 7) is 2.63. The fraction of sp³-hybridized carbons (Fsp3) is 0.267. The molecule has 0 amide bonds. The SMILES string of the molecule is Fc1cc(-c2ccccc2)cnc1N1CCOCC1. The maximum Gasteiger partial charge on any atom is 0.166 e. The molecular weight excluding hydrogens is 243 g/mol. The highest BCUT2D eigenvalue weighted by Gasteiger charge is 2.16. The molecular formula is C15H15FN2O. The van der Waals surface area contributed by atoms with E-state index in [1.165, 1.54) is 0 Å². The van der Waals surface area contributed by atoms with Gasteiger partial charge in [0.05, 0.1) is 13.2 Å². The average Bonchev–Trinajstić information content (AvgIpc) is 2.49. The van der Waals surface area contributed by atoms with E-state index in [4.69, 9.17) is 4.74 Å². The van der Waals surface area contributed by atoms with Crippen molar-refractivity contribution >= 4 is 5.82 Å². The Balaban J connectivity index is 1.89. The molecule has 0 bridgehead atoms. The summed E-state index contributed by atoms with van der Waals surface area (Å²) in [5.41, 5.74) is 1.78. The standard InChI is InChI=1S/C15H15FN2O/c16-14-10-13(12-4-2-1-3-5-12)11-17-15(14)18-6-8-19-9-7-18/h1-5,10-11H,6-9H2. The number of anilines is 1. The predicted octanol–water partition coefficient (Wildman–Crippen LogP) is 2.72. The molecule has 98 valence electrons. The normalized spacial score (nSPS) is 15.5. The van der Waals surface area contributed by atoms with Crippen LogP contribution >= 0.6 is 0 Å². The first-order chi connectivity index (χ1) is 9.34. The van der Waals surface area contributed by atoms with Crippen molar-refractivity contribution in [2.45, 2.75) is 0 Å². The van der Waals surface area contributed by atoms with Crippen LogP contribution < -0.4 is 4.90 Å². The Hall–Kier alpha value is -1.94. The third kappa shape index (κ3) is 2.58. The quantitative estimate of drug-likeness (QED) is 0.828. The highest BCUT2D eigenvalue weighted by molar-refractivity contribution is 5.64. The third-order valence-corrected chi connectivity index (χ3v) is 3.24. The van der Waals surface area contributed by atoms with E-state index in [9.17, 15) is 4.39 Å². The number of benzene rings is 1. The van der Waals surface area contributed by atoms with E-state index in [2.05, 4.69) is 4.98 Å². The molecule has 1 saturated heterocycles. The van der Waals surface area contributed by atoms with Gasteiger partial charge in [-0.15, -0.1) is 0 Å². The zero-order chi connectivity index (χ0) is 13.1. The number of nitrogens with zero attached hydrogens (tertiary/aromatic N) is 2. The second-order valence-electron chi connectivity index (χ2n) is 4.49. The lowest BCUT2D eigenvalue weighted by atomic mass is 10.1. The van der Waals surface area contributed by atoms with Gasteiger partial charge < -0.3 is 9.64 Å². The average molecular weight is 258 g/mol. The Kier molecular flexibility index (Phi) is 3.42. The molecule has 0 spiro atoms. The smallest absolute Gasteiger partial charge is 0.166 e. The van der Waals surface area contributed by atoms with Crippen molar-refractivity contribution < 1.29 is 9.13 Å². The zero-order valence-electron chi connectivity index (χ0n) is 10.6. The van der Waals surface area contributed by atoms with Crippen LogP contribution in [0, 0.1) is 5.82 Å². The number of pyridine rings is 1. The van der Waals surface area contributed by atoms with E-state index in [0.717, 1.165) is 11.1 Å². The summed E-state index contributed by atoms with van der Waals surface area (Å²) in [4.78, 5) is 6.20. The molecule has 19 heavy (non-hydrogen) atoms. The Morgan fingerprint density at radius 3 is 2.47 bits per heavy atom. The summed E-state index contributed by atoms with van der Waals surface area (Å²) in [6.07, 6.45) is 1.73. The highest BCUT2D eigenvalue weighted by Crippen LogP contribution is 2.24. The molecule has 3 rings (SSSR count). The van der Waals surface area contributed by atoms with Gasteiger partial charge in [-0.3, -0.25) is 0 Å². The van der Waals surface area contributed by atoms with E-state index in [0.29, 0.717) is 32.1 Å². The lowest BCUT2D eigenvalue weighted by Crippen LogP contribution is -2.37. The molecule has 0 aliphatic carbocycles. The maximum absolute atomic E-state index is 14.2. The lowest BCUT2D eigenvalue weighted by molar-refractivity contribution is 0.122. The van der Waals surface area contributed by atoms with Crippen molar-refractivity contribution in [3.63, 3.8) is 0 Å². The van der Waals surface area contributed by atoms with E-state index in [1.54, 1.807) is 12.3 Å². The minimum absolute atomic E-state index is 0.275. The third-order valence-electron chi connectivity index (χ3n) is 3.24. The van der Waals surface area contributed by atoms with Gasteiger partial charge in [0.15, 0.2) is 11.6 Å². The molecule has 1 aliphatic heterocycles. The minimum atomic E-state index is -0.275. The fourth-order valence-electron chi connectivity index (χ4n) is 2.23. The van der Waals surface area contributed by atoms with Crippen molar-refractivity contribution in [1.29, 1.82) is 0 Å². The van der Waals surface area contributed by atoms with E-state index < -0.39 is 0 Å². The fourth-order valence-corrected chi connectivity index (χ4v) is 2.23. The van der Waals surface area contributed by atoms with Crippen molar-refractivity contribution in [3.8, 4) is 11.1 Å². The summed E-state index contributed by atoms with van der Waals surface area (Å²) < 4.78 is 19.4. The first-order valence-corrected chi connectivity index (χ1v) is 6.38. The van der Waals surface area contributed by atoms with Crippen LogP contribution in [0.3, 0.4) is 0 Å². The molecule has 1 aromatic carbocycles. The van der Waals surface area contributed by atoms with Crippen molar-refractivity contribution in [3.05, 3.63) is 48.4 Å². The molecule has 2 aromatic rings. The van der Waals surface area contributed by atoms with Crippen molar-refractivity contribution in [2.24, 2.45) is 0 Å². The molecule has 0 radical (unpaired) electrons. The number of aromatic nitrogens is 1. The molecule has 4 heteroatoms. The predicted molar refractivity (Wildman–Crippen MR) is 72.7 cm³/mol. The molecule has 3 nitrogen and oxygen atoms in total. The number of halogens is 1. The second-order valence-corrected chi connectivity index (χ2v) is 4.49. The Bertz CT molecular complexity index is 553. The zero-order valence-corrected chi connectivity index (χ0v) is 10.6. The van der Waals surface area contributed by atoms with Gasteiger partial charge in [0.25, 0.3) is 0 Å². The first kappa shape index (κ1) is 12.1. The van der Waals surface area contributed by atoms with Crippen molar-refractivity contribution in [1.82, 2.24) is 4.98 Å². The van der Waals surface area contributed by atoms with Gasteiger partial charge in [-0.25, -0.2) is 9.37 Å². The van der Waals surface area contributed by atoms with Crippen LogP contribution in [0.2, 0.25) is 0 Å². The molecule has 0 N–H and O–H groups in total. The highest BCUT2D eigenvalue weighted by atomic mass is 19.1. The molecule has 2 heterocycles. The van der Waals surface area contributed by atoms with Gasteiger partial charge in [0.1, 0.15) is 0 Å². The summed E-state index contributed by atoms with van der Waals surface area (Å²) in [6, 6.07) is 11.3. The summed E-state index contributed by atoms with van der Waals surface area (Å²) in [5.74, 6) is 0.145. The van der Waals surface area contributed by atoms with Crippen LogP contribution in [0.5, 0.6) is 0 Å². The van der Waals surface area contributed by atoms with Gasteiger partial charge >= 0.3 is 0 Å². The van der Waals surface area contributed by atoms with E-state index in [1.807, 2.05) is 35.2 Å². The van der Waals surface area contributed by atoms with E-state index in [-0.39, 0.29) is 5.82 Å². The Labute approximate surface area is 111 Å². The minimum Gasteiger partial charge on any atom is -0.378 e. The molecule has 0 unspecified atom stereocenters. The number of morpholine rings is 1. The van der Waals surface area contributed by atoms with Gasteiger partial charge in [-0.1, -0.05) is 30.3 Å². The lowest BCUT2D eigenvalue weighted by Gasteiger charge is -2.28. The number of ether oxygens (including phenoxy) is 1. The second kappa shape index (κ2) is 5.36. The van der Waals surface area contributed by atoms with Gasteiger partial charge in [0.2, 0.25) is 0 Å². The van der Waals surface area contributed by atoms with Crippen LogP contribution in [0.1, 0.15) is 0 Å². The van der Waals surface area contributed by atoms with Crippen molar-refractivity contribution in [2.75, 3.05) is 31.2 Å². The van der Waals surface area contributed by atoms with Gasteiger partial charge in [-0.05, 0) is 11.6 Å². The number of hydrogen-bond donors (Lipinski definition) is 0. The van der Waals surface area contributed by atoms with Crippen LogP contribution in [0.25, 0.3) is 11.1 Å². The maximum atomic E-state index is 14.2. The monoisotopic (exact) mass is 258 g/mol. The first-order valence-electron chi connectivity index (χ1n) is 6.38. The van der Waals surface area contributed by atoms with Crippen LogP contribution in [-0.4, -0.2) is 31.3 Å². The summed E-state index contributed by atoms with van der Waals surface area (Å²) >= 11 is 0. The van der Waals surface area contributed by atoms with Gasteiger partial charge in [0, 0.05) is 24.8 Å².